The number of rotatable bonds is 3. The summed E-state index contributed by atoms with van der Waals surface area (Å²) in [6.07, 6.45) is 0. The van der Waals surface area contributed by atoms with E-state index in [4.69, 9.17) is 6.57 Å². The van der Waals surface area contributed by atoms with E-state index < -0.39 is 0 Å². The van der Waals surface area contributed by atoms with Crippen molar-refractivity contribution >= 4 is 49.3 Å². The van der Waals surface area contributed by atoms with Crippen molar-refractivity contribution in [3.8, 4) is 39.7 Å². The molecule has 0 bridgehead atoms. The minimum atomic E-state index is -0.131. The van der Waals surface area contributed by atoms with E-state index in [1.54, 1.807) is 0 Å². The molecule has 0 saturated carbocycles. The highest BCUT2D eigenvalue weighted by Crippen LogP contribution is 2.53. The molecule has 2 heterocycles. The van der Waals surface area contributed by atoms with Crippen LogP contribution in [0.1, 0.15) is 30.5 Å². The topological polar surface area (TPSA) is 38.0 Å². The van der Waals surface area contributed by atoms with Crippen molar-refractivity contribution in [1.82, 2.24) is 9.13 Å². The molecule has 0 atom stereocenters. The van der Waals surface area contributed by atoms with Crippen molar-refractivity contribution in [2.45, 2.75) is 19.3 Å². The highest BCUT2D eigenvalue weighted by Gasteiger charge is 2.37. The van der Waals surface area contributed by atoms with Gasteiger partial charge in [-0.1, -0.05) is 98.8 Å². The van der Waals surface area contributed by atoms with Gasteiger partial charge < -0.3 is 9.13 Å². The molecule has 9 aromatic rings. The lowest BCUT2D eigenvalue weighted by Gasteiger charge is -2.21. The number of nitrogens with zero attached hydrogens (tertiary/aromatic N) is 4. The van der Waals surface area contributed by atoms with E-state index in [9.17, 15) is 5.26 Å². The molecule has 1 aliphatic rings. The first kappa shape index (κ1) is 29.1. The van der Waals surface area contributed by atoms with Crippen LogP contribution in [0, 0.1) is 17.9 Å². The molecule has 0 fully saturated rings. The zero-order valence-electron chi connectivity index (χ0n) is 28.1. The zero-order chi connectivity index (χ0) is 34.4. The standard InChI is InChI=1S/C47H30N4/c1-47(2)40-16-6-4-15-37(40)45-41(47)21-20-36-39-27-32(49-3)19-23-44(39)51(46(36)45)34-13-9-11-31(26-34)30-10-8-12-33(25-30)50-42-17-7-5-14-35(42)38-24-29(28-48)18-22-43(38)50/h4-27H,1-2H3. The Labute approximate surface area is 295 Å². The van der Waals surface area contributed by atoms with E-state index in [1.165, 1.54) is 27.8 Å². The molecule has 4 heteroatoms. The second-order valence-electron chi connectivity index (χ2n) is 14.0. The summed E-state index contributed by atoms with van der Waals surface area (Å²) in [4.78, 5) is 3.80. The SMILES string of the molecule is [C-]#[N+]c1ccc2c(c1)c1ccc3c(c1n2-c1cccc(-c2cccc(-n4c5ccccc5c5cc(C#N)ccc54)c2)c1)-c1ccccc1C3(C)C. The average molecular weight is 651 g/mol. The number of nitriles is 1. The predicted molar refractivity (Wildman–Crippen MR) is 209 cm³/mol. The van der Waals surface area contributed by atoms with Crippen molar-refractivity contribution < 1.29 is 0 Å². The molecule has 0 amide bonds. The van der Waals surface area contributed by atoms with Crippen LogP contribution in [0.3, 0.4) is 0 Å². The van der Waals surface area contributed by atoms with Gasteiger partial charge in [0.2, 0.25) is 0 Å². The molecule has 0 saturated heterocycles. The van der Waals surface area contributed by atoms with Crippen molar-refractivity contribution in [2.75, 3.05) is 0 Å². The normalized spacial score (nSPS) is 13.0. The van der Waals surface area contributed by atoms with Gasteiger partial charge in [-0.25, -0.2) is 4.85 Å². The van der Waals surface area contributed by atoms with Gasteiger partial charge >= 0.3 is 0 Å². The van der Waals surface area contributed by atoms with E-state index >= 15 is 0 Å². The Hall–Kier alpha value is -6.88. The van der Waals surface area contributed by atoms with Crippen LogP contribution in [0.15, 0.2) is 146 Å². The Bertz CT molecular complexity index is 3030. The lowest BCUT2D eigenvalue weighted by molar-refractivity contribution is 0.661. The maximum atomic E-state index is 9.63. The summed E-state index contributed by atoms with van der Waals surface area (Å²) in [7, 11) is 0. The highest BCUT2D eigenvalue weighted by atomic mass is 15.0. The molecule has 2 aromatic heterocycles. The fourth-order valence-corrected chi connectivity index (χ4v) is 8.59. The quantitative estimate of drug-likeness (QED) is 0.175. The Balaban J connectivity index is 1.20. The number of para-hydroxylation sites is 1. The van der Waals surface area contributed by atoms with Gasteiger partial charge in [-0.3, -0.25) is 0 Å². The minimum absolute atomic E-state index is 0.131. The minimum Gasteiger partial charge on any atom is -0.309 e. The Morgan fingerprint density at radius 1 is 0.569 bits per heavy atom. The smallest absolute Gasteiger partial charge is 0.188 e. The van der Waals surface area contributed by atoms with Gasteiger partial charge in [-0.05, 0) is 93.9 Å². The molecular formula is C47H30N4. The highest BCUT2D eigenvalue weighted by molar-refractivity contribution is 6.16. The zero-order valence-corrected chi connectivity index (χ0v) is 28.1. The largest absolute Gasteiger partial charge is 0.309 e. The Morgan fingerprint density at radius 3 is 2.02 bits per heavy atom. The van der Waals surface area contributed by atoms with Gasteiger partial charge in [0.05, 0.1) is 40.3 Å². The molecule has 10 rings (SSSR count). The summed E-state index contributed by atoms with van der Waals surface area (Å²) in [6, 6.07) is 53.6. The summed E-state index contributed by atoms with van der Waals surface area (Å²) < 4.78 is 4.70. The van der Waals surface area contributed by atoms with Crippen LogP contribution in [-0.4, -0.2) is 9.13 Å². The summed E-state index contributed by atoms with van der Waals surface area (Å²) in [6.45, 7) is 12.4. The van der Waals surface area contributed by atoms with Crippen LogP contribution < -0.4 is 0 Å². The van der Waals surface area contributed by atoms with Crippen molar-refractivity contribution in [3.63, 3.8) is 0 Å². The first-order valence-corrected chi connectivity index (χ1v) is 17.2. The number of benzene rings is 7. The Morgan fingerprint density at radius 2 is 1.24 bits per heavy atom. The molecule has 0 spiro atoms. The number of aromatic nitrogens is 2. The van der Waals surface area contributed by atoms with Gasteiger partial charge in [0, 0.05) is 38.5 Å². The van der Waals surface area contributed by atoms with E-state index in [-0.39, 0.29) is 5.41 Å². The lowest BCUT2D eigenvalue weighted by atomic mass is 9.82. The fourth-order valence-electron chi connectivity index (χ4n) is 8.59. The van der Waals surface area contributed by atoms with Crippen molar-refractivity contribution in [1.29, 1.82) is 5.26 Å². The molecule has 0 radical (unpaired) electrons. The molecule has 238 valence electrons. The summed E-state index contributed by atoms with van der Waals surface area (Å²) in [5.74, 6) is 0. The van der Waals surface area contributed by atoms with Crippen LogP contribution in [0.25, 0.3) is 82.1 Å². The first-order chi connectivity index (χ1) is 25.0. The van der Waals surface area contributed by atoms with Crippen LogP contribution >= 0.6 is 0 Å². The fraction of sp³-hybridized carbons (Fsp3) is 0.0638. The maximum absolute atomic E-state index is 9.63. The van der Waals surface area contributed by atoms with Gasteiger partial charge in [0.15, 0.2) is 5.69 Å². The molecule has 51 heavy (non-hydrogen) atoms. The van der Waals surface area contributed by atoms with Gasteiger partial charge in [0.25, 0.3) is 0 Å². The lowest BCUT2D eigenvalue weighted by Crippen LogP contribution is -2.14. The van der Waals surface area contributed by atoms with Crippen molar-refractivity contribution in [3.05, 3.63) is 174 Å². The summed E-state index contributed by atoms with van der Waals surface area (Å²) in [5.41, 5.74) is 15.2. The van der Waals surface area contributed by atoms with E-state index in [1.807, 2.05) is 24.3 Å². The Kier molecular flexibility index (Phi) is 6.02. The van der Waals surface area contributed by atoms with Crippen LogP contribution in [0.5, 0.6) is 0 Å². The molecule has 7 aromatic carbocycles. The van der Waals surface area contributed by atoms with Crippen LogP contribution in [-0.2, 0) is 5.41 Å². The number of fused-ring (bicyclic) bond motifs is 10. The van der Waals surface area contributed by atoms with Gasteiger partial charge in [-0.15, -0.1) is 0 Å². The number of hydrogen-bond donors (Lipinski definition) is 0. The second kappa shape index (κ2) is 10.6. The number of hydrogen-bond acceptors (Lipinski definition) is 1. The van der Waals surface area contributed by atoms with Crippen molar-refractivity contribution in [2.24, 2.45) is 0 Å². The molecule has 1 aliphatic carbocycles. The molecule has 0 N–H and O–H groups in total. The molecule has 0 unspecified atom stereocenters. The molecular weight excluding hydrogens is 621 g/mol. The average Bonchev–Trinajstić information content (AvgIpc) is 3.77. The van der Waals surface area contributed by atoms with E-state index in [2.05, 4.69) is 155 Å². The third kappa shape index (κ3) is 4.05. The summed E-state index contributed by atoms with van der Waals surface area (Å²) >= 11 is 0. The van der Waals surface area contributed by atoms with Gasteiger partial charge in [-0.2, -0.15) is 5.26 Å². The van der Waals surface area contributed by atoms with E-state index in [0.717, 1.165) is 60.6 Å². The summed E-state index contributed by atoms with van der Waals surface area (Å²) in [5, 5.41) is 14.1. The van der Waals surface area contributed by atoms with E-state index in [0.29, 0.717) is 11.3 Å². The third-order valence-electron chi connectivity index (χ3n) is 10.9. The van der Waals surface area contributed by atoms with Gasteiger partial charge in [0.1, 0.15) is 0 Å². The third-order valence-corrected chi connectivity index (χ3v) is 10.9. The second-order valence-corrected chi connectivity index (χ2v) is 14.0. The van der Waals surface area contributed by atoms with Crippen LogP contribution in [0.4, 0.5) is 5.69 Å². The maximum Gasteiger partial charge on any atom is 0.188 e. The molecule has 0 aliphatic heterocycles. The first-order valence-electron chi connectivity index (χ1n) is 17.2. The predicted octanol–water partition coefficient (Wildman–Crippen LogP) is 12.3. The molecule has 4 nitrogen and oxygen atoms in total. The monoisotopic (exact) mass is 650 g/mol. The van der Waals surface area contributed by atoms with Crippen LogP contribution in [0.2, 0.25) is 0 Å².